The van der Waals surface area contributed by atoms with Crippen molar-refractivity contribution < 1.29 is 31.9 Å². The van der Waals surface area contributed by atoms with Gasteiger partial charge in [0.05, 0.1) is 29.0 Å². The zero-order valence-corrected chi connectivity index (χ0v) is 16.9. The van der Waals surface area contributed by atoms with Crippen LogP contribution >= 0.6 is 23.2 Å². The van der Waals surface area contributed by atoms with Crippen LogP contribution in [-0.4, -0.2) is 33.5 Å². The standard InChI is InChI=1S/C17H15Cl2NO7S/c1-25-16(21)10-4-5-26-14(10)8-27-17(22)11-6-15(13(19)7-12(11)18)28(23,24)20-9-2-3-9/h4-7,9,20H,2-3,8H2,1H3. The van der Waals surface area contributed by atoms with E-state index in [2.05, 4.69) is 9.46 Å². The second-order valence-electron chi connectivity index (χ2n) is 5.98. The summed E-state index contributed by atoms with van der Waals surface area (Å²) in [5, 5.41) is -0.193. The predicted molar refractivity (Wildman–Crippen MR) is 99.0 cm³/mol. The normalized spacial score (nSPS) is 14.0. The summed E-state index contributed by atoms with van der Waals surface area (Å²) in [7, 11) is -2.70. The topological polar surface area (TPSA) is 112 Å². The summed E-state index contributed by atoms with van der Waals surface area (Å²) in [5.41, 5.74) is -0.0807. The monoisotopic (exact) mass is 447 g/mol. The number of nitrogens with one attached hydrogen (secondary N) is 1. The molecule has 1 aliphatic rings. The predicted octanol–water partition coefficient (Wildman–Crippen LogP) is 3.17. The van der Waals surface area contributed by atoms with Crippen molar-refractivity contribution in [3.05, 3.63) is 51.4 Å². The van der Waals surface area contributed by atoms with Crippen molar-refractivity contribution >= 4 is 45.2 Å². The molecular formula is C17H15Cl2NO7S. The molecular weight excluding hydrogens is 433 g/mol. The summed E-state index contributed by atoms with van der Waals surface area (Å²) in [6.07, 6.45) is 2.73. The number of carbonyl (C=O) groups is 2. The van der Waals surface area contributed by atoms with Gasteiger partial charge in [0.2, 0.25) is 10.0 Å². The third-order valence-corrected chi connectivity index (χ3v) is 6.21. The first-order chi connectivity index (χ1) is 13.2. The van der Waals surface area contributed by atoms with Gasteiger partial charge >= 0.3 is 11.9 Å². The summed E-state index contributed by atoms with van der Waals surface area (Å²) in [6.45, 7) is -0.377. The summed E-state index contributed by atoms with van der Waals surface area (Å²) >= 11 is 12.0. The van der Waals surface area contributed by atoms with Gasteiger partial charge < -0.3 is 13.9 Å². The van der Waals surface area contributed by atoms with Crippen LogP contribution in [0.2, 0.25) is 10.0 Å². The Bertz CT molecular complexity index is 1030. The van der Waals surface area contributed by atoms with Crippen LogP contribution in [0.4, 0.5) is 0 Å². The summed E-state index contributed by atoms with van der Waals surface area (Å²) in [4.78, 5) is 23.8. The van der Waals surface area contributed by atoms with Crippen LogP contribution in [0.15, 0.2) is 33.8 Å². The van der Waals surface area contributed by atoms with Gasteiger partial charge in [-0.25, -0.2) is 22.7 Å². The molecule has 28 heavy (non-hydrogen) atoms. The molecule has 0 amide bonds. The molecule has 150 valence electrons. The van der Waals surface area contributed by atoms with E-state index < -0.39 is 22.0 Å². The molecule has 1 heterocycles. The average Bonchev–Trinajstić information content (AvgIpc) is 3.31. The maximum Gasteiger partial charge on any atom is 0.341 e. The molecule has 0 bridgehead atoms. The number of hydrogen-bond acceptors (Lipinski definition) is 7. The van der Waals surface area contributed by atoms with E-state index in [4.69, 9.17) is 32.4 Å². The highest BCUT2D eigenvalue weighted by atomic mass is 35.5. The molecule has 0 saturated heterocycles. The first-order valence-corrected chi connectivity index (χ1v) is 10.3. The largest absolute Gasteiger partial charge is 0.465 e. The lowest BCUT2D eigenvalue weighted by atomic mass is 10.2. The SMILES string of the molecule is COC(=O)c1ccoc1COC(=O)c1cc(S(=O)(=O)NC2CC2)c(Cl)cc1Cl. The lowest BCUT2D eigenvalue weighted by Gasteiger charge is -2.11. The van der Waals surface area contributed by atoms with E-state index in [0.29, 0.717) is 0 Å². The molecule has 0 aliphatic heterocycles. The molecule has 2 aromatic rings. The van der Waals surface area contributed by atoms with Gasteiger partial charge in [-0.3, -0.25) is 0 Å². The number of ether oxygens (including phenoxy) is 2. The maximum absolute atomic E-state index is 12.4. The molecule has 1 N–H and O–H groups in total. The molecule has 0 unspecified atom stereocenters. The van der Waals surface area contributed by atoms with Crippen molar-refractivity contribution in [3.8, 4) is 0 Å². The molecule has 1 saturated carbocycles. The third kappa shape index (κ3) is 4.49. The smallest absolute Gasteiger partial charge is 0.341 e. The van der Waals surface area contributed by atoms with Crippen LogP contribution in [0.1, 0.15) is 39.3 Å². The highest BCUT2D eigenvalue weighted by Gasteiger charge is 2.30. The van der Waals surface area contributed by atoms with E-state index in [1.807, 2.05) is 0 Å². The van der Waals surface area contributed by atoms with Crippen LogP contribution in [-0.2, 0) is 26.1 Å². The Morgan fingerprint density at radius 2 is 1.89 bits per heavy atom. The Labute approximate surface area is 170 Å². The fourth-order valence-electron chi connectivity index (χ4n) is 2.33. The average molecular weight is 448 g/mol. The second kappa shape index (κ2) is 8.12. The fourth-order valence-corrected chi connectivity index (χ4v) is 4.48. The van der Waals surface area contributed by atoms with Crippen molar-refractivity contribution in [2.24, 2.45) is 0 Å². The van der Waals surface area contributed by atoms with Crippen LogP contribution in [0.25, 0.3) is 0 Å². The van der Waals surface area contributed by atoms with E-state index >= 15 is 0 Å². The Morgan fingerprint density at radius 1 is 1.18 bits per heavy atom. The van der Waals surface area contributed by atoms with Gasteiger partial charge in [0.1, 0.15) is 10.5 Å². The Morgan fingerprint density at radius 3 is 2.54 bits per heavy atom. The Balaban J connectivity index is 1.81. The van der Waals surface area contributed by atoms with E-state index in [0.717, 1.165) is 25.0 Å². The van der Waals surface area contributed by atoms with Gasteiger partial charge in [-0.1, -0.05) is 23.2 Å². The zero-order chi connectivity index (χ0) is 20.5. The third-order valence-electron chi connectivity index (χ3n) is 3.92. The molecule has 1 aromatic carbocycles. The van der Waals surface area contributed by atoms with Gasteiger partial charge in [0.25, 0.3) is 0 Å². The molecule has 11 heteroatoms. The first kappa shape index (κ1) is 20.7. The van der Waals surface area contributed by atoms with Crippen LogP contribution < -0.4 is 4.72 Å². The number of sulfonamides is 1. The number of methoxy groups -OCH3 is 1. The van der Waals surface area contributed by atoms with Gasteiger partial charge in [0.15, 0.2) is 12.4 Å². The molecule has 1 aromatic heterocycles. The molecule has 1 fully saturated rings. The molecule has 0 atom stereocenters. The first-order valence-electron chi connectivity index (χ1n) is 8.06. The second-order valence-corrected chi connectivity index (χ2v) is 8.48. The van der Waals surface area contributed by atoms with Crippen molar-refractivity contribution in [3.63, 3.8) is 0 Å². The number of hydrogen-bond donors (Lipinski definition) is 1. The fraction of sp³-hybridized carbons (Fsp3) is 0.294. The van der Waals surface area contributed by atoms with Crippen LogP contribution in [0, 0.1) is 0 Å². The molecule has 0 radical (unpaired) electrons. The molecule has 3 rings (SSSR count). The number of benzene rings is 1. The quantitative estimate of drug-likeness (QED) is 0.648. The van der Waals surface area contributed by atoms with Gasteiger partial charge in [0, 0.05) is 6.04 Å². The number of furan rings is 1. The van der Waals surface area contributed by atoms with Crippen LogP contribution in [0.5, 0.6) is 0 Å². The van der Waals surface area contributed by atoms with E-state index in [1.165, 1.54) is 19.4 Å². The van der Waals surface area contributed by atoms with Gasteiger partial charge in [-0.2, -0.15) is 0 Å². The highest BCUT2D eigenvalue weighted by Crippen LogP contribution is 2.31. The van der Waals surface area contributed by atoms with Gasteiger partial charge in [-0.15, -0.1) is 0 Å². The maximum atomic E-state index is 12.4. The van der Waals surface area contributed by atoms with E-state index in [9.17, 15) is 18.0 Å². The lowest BCUT2D eigenvalue weighted by molar-refractivity contribution is 0.0432. The minimum Gasteiger partial charge on any atom is -0.465 e. The number of halogens is 2. The van der Waals surface area contributed by atoms with Crippen molar-refractivity contribution in [2.75, 3.05) is 7.11 Å². The number of carbonyl (C=O) groups excluding carboxylic acids is 2. The van der Waals surface area contributed by atoms with E-state index in [1.54, 1.807) is 0 Å². The van der Waals surface area contributed by atoms with Gasteiger partial charge in [-0.05, 0) is 31.0 Å². The summed E-state index contributed by atoms with van der Waals surface area (Å²) < 4.78 is 42.2. The summed E-state index contributed by atoms with van der Waals surface area (Å²) in [6, 6.07) is 3.45. The highest BCUT2D eigenvalue weighted by molar-refractivity contribution is 7.89. The Kier molecular flexibility index (Phi) is 5.99. The molecule has 0 spiro atoms. The summed E-state index contributed by atoms with van der Waals surface area (Å²) in [5.74, 6) is -1.48. The number of esters is 2. The number of rotatable bonds is 7. The minimum atomic E-state index is -3.91. The minimum absolute atomic E-state index is 0.0759. The van der Waals surface area contributed by atoms with Crippen molar-refractivity contribution in [1.29, 1.82) is 0 Å². The van der Waals surface area contributed by atoms with Crippen molar-refractivity contribution in [1.82, 2.24) is 4.72 Å². The van der Waals surface area contributed by atoms with Crippen molar-refractivity contribution in [2.45, 2.75) is 30.4 Å². The van der Waals surface area contributed by atoms with E-state index in [-0.39, 0.29) is 44.5 Å². The lowest BCUT2D eigenvalue weighted by Crippen LogP contribution is -2.26. The zero-order valence-electron chi connectivity index (χ0n) is 14.5. The molecule has 8 nitrogen and oxygen atoms in total. The molecule has 1 aliphatic carbocycles. The van der Waals surface area contributed by atoms with Crippen LogP contribution in [0.3, 0.4) is 0 Å². The Hall–Kier alpha value is -2.07.